The molecule has 0 saturated heterocycles. The predicted octanol–water partition coefficient (Wildman–Crippen LogP) is 2.58. The van der Waals surface area contributed by atoms with Gasteiger partial charge >= 0.3 is 5.63 Å². The largest absolute Gasteiger partial charge is 0.422 e. The van der Waals surface area contributed by atoms with Gasteiger partial charge in [-0.1, -0.05) is 24.3 Å². The van der Waals surface area contributed by atoms with Crippen molar-refractivity contribution >= 4 is 11.0 Å². The zero-order chi connectivity index (χ0) is 16.7. The van der Waals surface area contributed by atoms with Gasteiger partial charge in [-0.05, 0) is 36.1 Å². The Hall–Kier alpha value is -2.66. The Morgan fingerprint density at radius 3 is 2.92 bits per heavy atom. The smallest absolute Gasteiger partial charge is 0.336 e. The number of rotatable bonds is 2. The number of benzene rings is 1. The lowest BCUT2D eigenvalue weighted by atomic mass is 9.97. The van der Waals surface area contributed by atoms with Crippen LogP contribution in [0.4, 0.5) is 0 Å². The minimum atomic E-state index is -0.443. The molecule has 2 aromatic heterocycles. The monoisotopic (exact) mass is 323 g/mol. The van der Waals surface area contributed by atoms with Crippen LogP contribution in [0.5, 0.6) is 0 Å². The van der Waals surface area contributed by atoms with Gasteiger partial charge in [0.15, 0.2) is 0 Å². The third-order valence-electron chi connectivity index (χ3n) is 4.52. The highest BCUT2D eigenvalue weighted by molar-refractivity contribution is 5.78. The first-order valence-electron chi connectivity index (χ1n) is 7.97. The molecular weight excluding hydrogens is 306 g/mol. The molecule has 5 heteroatoms. The fraction of sp³-hybridized carbons (Fsp3) is 0.263. The van der Waals surface area contributed by atoms with Crippen LogP contribution in [0.15, 0.2) is 56.6 Å². The van der Waals surface area contributed by atoms with Gasteiger partial charge in [0.2, 0.25) is 0 Å². The summed E-state index contributed by atoms with van der Waals surface area (Å²) in [6, 6.07) is 11.2. The third-order valence-corrected chi connectivity index (χ3v) is 4.52. The van der Waals surface area contributed by atoms with E-state index >= 15 is 0 Å². The van der Waals surface area contributed by atoms with Crippen LogP contribution in [0.3, 0.4) is 0 Å². The van der Waals surface area contributed by atoms with Gasteiger partial charge < -0.3 is 13.7 Å². The normalized spacial score (nSPS) is 17.0. The molecule has 0 amide bonds. The van der Waals surface area contributed by atoms with E-state index in [9.17, 15) is 9.59 Å². The first-order chi connectivity index (χ1) is 11.6. The average molecular weight is 323 g/mol. The van der Waals surface area contributed by atoms with E-state index in [0.29, 0.717) is 29.7 Å². The van der Waals surface area contributed by atoms with Crippen LogP contribution in [0.2, 0.25) is 0 Å². The van der Waals surface area contributed by atoms with Crippen LogP contribution in [0.25, 0.3) is 11.0 Å². The molecule has 1 atom stereocenters. The molecule has 1 aliphatic rings. The predicted molar refractivity (Wildman–Crippen MR) is 90.3 cm³/mol. The number of ether oxygens (including phenoxy) is 1. The highest BCUT2D eigenvalue weighted by Gasteiger charge is 2.21. The van der Waals surface area contributed by atoms with Crippen molar-refractivity contribution in [2.24, 2.45) is 0 Å². The van der Waals surface area contributed by atoms with E-state index in [2.05, 4.69) is 12.1 Å². The number of hydrogen-bond acceptors (Lipinski definition) is 4. The second-order valence-electron chi connectivity index (χ2n) is 6.07. The lowest BCUT2D eigenvalue weighted by molar-refractivity contribution is 0.0300. The summed E-state index contributed by atoms with van der Waals surface area (Å²) in [5.74, 6) is 0. The van der Waals surface area contributed by atoms with Crippen molar-refractivity contribution in [1.29, 1.82) is 0 Å². The van der Waals surface area contributed by atoms with Crippen LogP contribution in [0, 0.1) is 6.92 Å². The summed E-state index contributed by atoms with van der Waals surface area (Å²) < 4.78 is 12.6. The molecule has 0 N–H and O–H groups in total. The lowest BCUT2D eigenvalue weighted by Crippen LogP contribution is -2.27. The van der Waals surface area contributed by atoms with Gasteiger partial charge in [0, 0.05) is 12.3 Å². The fourth-order valence-corrected chi connectivity index (χ4v) is 3.34. The van der Waals surface area contributed by atoms with E-state index in [1.807, 2.05) is 12.1 Å². The van der Waals surface area contributed by atoms with Crippen molar-refractivity contribution in [3.63, 3.8) is 0 Å². The fourth-order valence-electron chi connectivity index (χ4n) is 3.34. The molecule has 0 saturated carbocycles. The third kappa shape index (κ3) is 2.47. The first-order valence-corrected chi connectivity index (χ1v) is 7.97. The van der Waals surface area contributed by atoms with Crippen molar-refractivity contribution in [1.82, 2.24) is 4.57 Å². The quantitative estimate of drug-likeness (QED) is 0.727. The van der Waals surface area contributed by atoms with Crippen molar-refractivity contribution in [3.05, 3.63) is 80.1 Å². The Bertz CT molecular complexity index is 1030. The van der Waals surface area contributed by atoms with Gasteiger partial charge in [-0.15, -0.1) is 0 Å². The van der Waals surface area contributed by atoms with E-state index in [1.54, 1.807) is 23.8 Å². The minimum Gasteiger partial charge on any atom is -0.422 e. The molecule has 1 aromatic carbocycles. The van der Waals surface area contributed by atoms with Crippen LogP contribution in [-0.4, -0.2) is 11.2 Å². The first kappa shape index (κ1) is 14.9. The number of pyridine rings is 1. The van der Waals surface area contributed by atoms with Gasteiger partial charge in [0.1, 0.15) is 11.7 Å². The van der Waals surface area contributed by atoms with Gasteiger partial charge in [0.25, 0.3) is 5.56 Å². The molecular formula is C19H17NO4. The summed E-state index contributed by atoms with van der Waals surface area (Å²) in [7, 11) is 0. The molecule has 4 rings (SSSR count). The van der Waals surface area contributed by atoms with Crippen LogP contribution in [-0.2, 0) is 17.7 Å². The van der Waals surface area contributed by atoms with Crippen molar-refractivity contribution in [3.8, 4) is 0 Å². The summed E-state index contributed by atoms with van der Waals surface area (Å²) in [6.45, 7) is 2.83. The highest BCUT2D eigenvalue weighted by Crippen LogP contribution is 2.28. The summed E-state index contributed by atoms with van der Waals surface area (Å²) in [5.41, 5.74) is 2.75. The van der Waals surface area contributed by atoms with Crippen LogP contribution < -0.4 is 11.2 Å². The summed E-state index contributed by atoms with van der Waals surface area (Å²) in [6.07, 6.45) is 2.40. The Morgan fingerprint density at radius 1 is 1.21 bits per heavy atom. The molecule has 0 aliphatic carbocycles. The molecule has 1 aliphatic heterocycles. The van der Waals surface area contributed by atoms with Gasteiger partial charge in [0.05, 0.1) is 18.5 Å². The standard InChI is InChI=1S/C19H17NO4/c1-12-10-17(21)24-15-6-8-20(19(22)18(12)15)11-16-14-5-3-2-4-13(14)7-9-23-16/h2-6,8,10,16H,7,9,11H2,1H3. The second kappa shape index (κ2) is 5.76. The molecule has 0 radical (unpaired) electrons. The van der Waals surface area contributed by atoms with Crippen molar-refractivity contribution in [2.75, 3.05) is 6.61 Å². The Morgan fingerprint density at radius 2 is 2.04 bits per heavy atom. The number of aromatic nitrogens is 1. The van der Waals surface area contributed by atoms with Gasteiger partial charge in [-0.25, -0.2) is 4.79 Å². The molecule has 0 fully saturated rings. The van der Waals surface area contributed by atoms with E-state index < -0.39 is 5.63 Å². The molecule has 1 unspecified atom stereocenters. The maximum atomic E-state index is 12.8. The molecule has 5 nitrogen and oxygen atoms in total. The SMILES string of the molecule is Cc1cc(=O)oc2ccn(CC3OCCc4ccccc43)c(=O)c12. The molecule has 122 valence electrons. The van der Waals surface area contributed by atoms with E-state index in [-0.39, 0.29) is 11.7 Å². The minimum absolute atomic E-state index is 0.152. The van der Waals surface area contributed by atoms with Crippen LogP contribution >= 0.6 is 0 Å². The molecule has 3 heterocycles. The van der Waals surface area contributed by atoms with E-state index in [1.165, 1.54) is 11.6 Å². The maximum Gasteiger partial charge on any atom is 0.336 e. The Labute approximate surface area is 138 Å². The highest BCUT2D eigenvalue weighted by atomic mass is 16.5. The van der Waals surface area contributed by atoms with Crippen LogP contribution in [0.1, 0.15) is 22.8 Å². The second-order valence-corrected chi connectivity index (χ2v) is 6.07. The number of hydrogen-bond donors (Lipinski definition) is 0. The van der Waals surface area contributed by atoms with Gasteiger partial charge in [-0.2, -0.15) is 0 Å². The van der Waals surface area contributed by atoms with E-state index in [4.69, 9.17) is 9.15 Å². The maximum absolute atomic E-state index is 12.8. The Kier molecular flexibility index (Phi) is 3.58. The number of nitrogens with zero attached hydrogens (tertiary/aromatic N) is 1. The topological polar surface area (TPSA) is 61.4 Å². The van der Waals surface area contributed by atoms with E-state index in [0.717, 1.165) is 12.0 Å². The molecule has 24 heavy (non-hydrogen) atoms. The zero-order valence-corrected chi connectivity index (χ0v) is 13.3. The number of fused-ring (bicyclic) bond motifs is 2. The molecule has 0 bridgehead atoms. The molecule has 3 aromatic rings. The summed E-state index contributed by atoms with van der Waals surface area (Å²) >= 11 is 0. The molecule has 0 spiro atoms. The summed E-state index contributed by atoms with van der Waals surface area (Å²) in [4.78, 5) is 24.3. The van der Waals surface area contributed by atoms with Crippen molar-refractivity contribution in [2.45, 2.75) is 26.0 Å². The van der Waals surface area contributed by atoms with Crippen molar-refractivity contribution < 1.29 is 9.15 Å². The lowest BCUT2D eigenvalue weighted by Gasteiger charge is -2.26. The Balaban J connectivity index is 1.78. The average Bonchev–Trinajstić information content (AvgIpc) is 2.57. The summed E-state index contributed by atoms with van der Waals surface area (Å²) in [5, 5.41) is 0.446. The van der Waals surface area contributed by atoms with Gasteiger partial charge in [-0.3, -0.25) is 4.79 Å². The number of aryl methyl sites for hydroxylation is 1. The zero-order valence-electron chi connectivity index (χ0n) is 13.3.